The van der Waals surface area contributed by atoms with Crippen molar-refractivity contribution in [1.29, 1.82) is 0 Å². The zero-order valence-corrected chi connectivity index (χ0v) is 13.7. The van der Waals surface area contributed by atoms with Gasteiger partial charge in [0.15, 0.2) is 5.11 Å². The molecule has 2 aromatic rings. The lowest BCUT2D eigenvalue weighted by Crippen LogP contribution is -2.24. The Morgan fingerprint density at radius 2 is 1.90 bits per heavy atom. The molecule has 0 aliphatic rings. The van der Waals surface area contributed by atoms with E-state index in [9.17, 15) is 8.42 Å². The van der Waals surface area contributed by atoms with Crippen LogP contribution in [0.1, 0.15) is 5.01 Å². The number of nitrogens with one attached hydrogen (secondary N) is 3. The highest BCUT2D eigenvalue weighted by Crippen LogP contribution is 2.20. The monoisotopic (exact) mass is 343 g/mol. The van der Waals surface area contributed by atoms with E-state index in [1.807, 2.05) is 0 Å². The molecule has 0 amide bonds. The molecule has 0 aliphatic carbocycles. The predicted molar refractivity (Wildman–Crippen MR) is 87.2 cm³/mol. The molecule has 7 nitrogen and oxygen atoms in total. The summed E-state index contributed by atoms with van der Waals surface area (Å²) in [6, 6.07) is 6.22. The summed E-state index contributed by atoms with van der Waals surface area (Å²) in [7, 11) is -1.97. The van der Waals surface area contributed by atoms with Gasteiger partial charge < -0.3 is 10.6 Å². The van der Waals surface area contributed by atoms with Gasteiger partial charge in [0.1, 0.15) is 5.01 Å². The first-order chi connectivity index (χ1) is 9.90. The van der Waals surface area contributed by atoms with E-state index in [1.54, 1.807) is 26.1 Å². The maximum Gasteiger partial charge on any atom is 0.263 e. The molecule has 1 aromatic carbocycles. The predicted octanol–water partition coefficient (Wildman–Crippen LogP) is 1.56. The topological polar surface area (TPSA) is 96.0 Å². The zero-order valence-electron chi connectivity index (χ0n) is 11.2. The molecule has 1 aromatic heterocycles. The molecule has 3 N–H and O–H groups in total. The number of hydrogen-bond acceptors (Lipinski definition) is 6. The summed E-state index contributed by atoms with van der Waals surface area (Å²) >= 11 is 6.14. The van der Waals surface area contributed by atoms with Gasteiger partial charge in [-0.25, -0.2) is 8.42 Å². The Morgan fingerprint density at radius 1 is 1.24 bits per heavy atom. The number of aromatic nitrogens is 2. The van der Waals surface area contributed by atoms with Gasteiger partial charge in [-0.05, 0) is 43.4 Å². The molecule has 0 aliphatic heterocycles. The minimum atomic E-state index is -3.67. The maximum atomic E-state index is 12.2. The molecule has 112 valence electrons. The van der Waals surface area contributed by atoms with Crippen molar-refractivity contribution in [1.82, 2.24) is 15.5 Å². The molecular weight excluding hydrogens is 330 g/mol. The van der Waals surface area contributed by atoms with Gasteiger partial charge >= 0.3 is 0 Å². The molecule has 0 unspecified atom stereocenters. The molecule has 0 spiro atoms. The third-order valence-electron chi connectivity index (χ3n) is 2.40. The molecular formula is C11H13N5O2S3. The smallest absolute Gasteiger partial charge is 0.263 e. The molecule has 0 saturated carbocycles. The summed E-state index contributed by atoms with van der Waals surface area (Å²) in [6.45, 7) is 1.75. The van der Waals surface area contributed by atoms with Gasteiger partial charge in [-0.2, -0.15) is 0 Å². The molecule has 1 heterocycles. The van der Waals surface area contributed by atoms with Crippen molar-refractivity contribution >= 4 is 49.5 Å². The second-order valence-electron chi connectivity index (χ2n) is 3.96. The molecule has 0 saturated heterocycles. The second-order valence-corrected chi connectivity index (χ2v) is 7.23. The minimum absolute atomic E-state index is 0.135. The van der Waals surface area contributed by atoms with Crippen LogP contribution in [0.4, 0.5) is 10.8 Å². The summed E-state index contributed by atoms with van der Waals surface area (Å²) in [6.07, 6.45) is 0. The Kier molecular flexibility index (Phi) is 4.70. The van der Waals surface area contributed by atoms with Gasteiger partial charge in [0.05, 0.1) is 4.90 Å². The highest BCUT2D eigenvalue weighted by Gasteiger charge is 2.16. The zero-order chi connectivity index (χ0) is 15.5. The lowest BCUT2D eigenvalue weighted by Gasteiger charge is -2.08. The van der Waals surface area contributed by atoms with Crippen molar-refractivity contribution in [2.75, 3.05) is 17.1 Å². The Labute approximate surface area is 131 Å². The van der Waals surface area contributed by atoms with E-state index in [2.05, 4.69) is 25.6 Å². The van der Waals surface area contributed by atoms with Crippen molar-refractivity contribution in [3.8, 4) is 0 Å². The van der Waals surface area contributed by atoms with Crippen LogP contribution in [0.25, 0.3) is 0 Å². The van der Waals surface area contributed by atoms with Crippen LogP contribution < -0.4 is 15.4 Å². The van der Waals surface area contributed by atoms with Gasteiger partial charge in [0, 0.05) is 12.7 Å². The molecule has 10 heteroatoms. The first kappa shape index (κ1) is 15.6. The van der Waals surface area contributed by atoms with Crippen molar-refractivity contribution in [2.45, 2.75) is 11.8 Å². The Morgan fingerprint density at radius 3 is 2.43 bits per heavy atom. The number of benzene rings is 1. The fraction of sp³-hybridized carbons (Fsp3) is 0.182. The van der Waals surface area contributed by atoms with Gasteiger partial charge in [-0.1, -0.05) is 11.3 Å². The van der Waals surface area contributed by atoms with Crippen LogP contribution in [0.15, 0.2) is 29.2 Å². The Hall–Kier alpha value is -1.78. The van der Waals surface area contributed by atoms with Gasteiger partial charge in [0.2, 0.25) is 5.13 Å². The first-order valence-electron chi connectivity index (χ1n) is 5.82. The van der Waals surface area contributed by atoms with Crippen molar-refractivity contribution < 1.29 is 8.42 Å². The summed E-state index contributed by atoms with van der Waals surface area (Å²) in [5, 5.41) is 14.6. The highest BCUT2D eigenvalue weighted by atomic mass is 32.2. The van der Waals surface area contributed by atoms with E-state index in [1.165, 1.54) is 23.5 Å². The van der Waals surface area contributed by atoms with E-state index in [0.717, 1.165) is 0 Å². The van der Waals surface area contributed by atoms with Crippen molar-refractivity contribution in [3.05, 3.63) is 29.3 Å². The molecule has 0 fully saturated rings. The van der Waals surface area contributed by atoms with Crippen LogP contribution in [0, 0.1) is 6.92 Å². The molecule has 21 heavy (non-hydrogen) atoms. The summed E-state index contributed by atoms with van der Waals surface area (Å²) in [5.74, 6) is 0. The van der Waals surface area contributed by atoms with Crippen molar-refractivity contribution in [2.24, 2.45) is 0 Å². The Bertz CT molecular complexity index is 739. The number of sulfonamides is 1. The third-order valence-corrected chi connectivity index (χ3v) is 4.94. The standard InChI is InChI=1S/C11H13N5O2S3/c1-7-14-15-11(20-7)16-21(17,18)9-5-3-8(4-6-9)13-10(19)12-2/h3-6H,1-2H3,(H,15,16)(H2,12,13,19). The summed E-state index contributed by atoms with van der Waals surface area (Å²) in [4.78, 5) is 0.135. The van der Waals surface area contributed by atoms with Gasteiger partial charge in [-0.3, -0.25) is 4.72 Å². The van der Waals surface area contributed by atoms with Gasteiger partial charge in [0.25, 0.3) is 10.0 Å². The van der Waals surface area contributed by atoms with E-state index >= 15 is 0 Å². The van der Waals surface area contributed by atoms with Crippen LogP contribution in [-0.4, -0.2) is 30.8 Å². The largest absolute Gasteiger partial charge is 0.366 e. The maximum absolute atomic E-state index is 12.2. The third kappa shape index (κ3) is 4.09. The molecule has 0 bridgehead atoms. The highest BCUT2D eigenvalue weighted by molar-refractivity contribution is 7.93. The number of aryl methyl sites for hydroxylation is 1. The fourth-order valence-electron chi connectivity index (χ4n) is 1.42. The van der Waals surface area contributed by atoms with E-state index in [-0.39, 0.29) is 10.0 Å². The fourth-order valence-corrected chi connectivity index (χ4v) is 3.36. The van der Waals surface area contributed by atoms with E-state index in [0.29, 0.717) is 15.8 Å². The number of rotatable bonds is 4. The SMILES string of the molecule is CNC(=S)Nc1ccc(S(=O)(=O)Nc2nnc(C)s2)cc1. The minimum Gasteiger partial charge on any atom is -0.366 e. The summed E-state index contributed by atoms with van der Waals surface area (Å²) in [5.41, 5.74) is 0.694. The Balaban J connectivity index is 2.15. The average Bonchev–Trinajstić information content (AvgIpc) is 2.83. The van der Waals surface area contributed by atoms with Crippen molar-refractivity contribution in [3.63, 3.8) is 0 Å². The number of thiocarbonyl (C=S) groups is 1. The number of nitrogens with zero attached hydrogens (tertiary/aromatic N) is 2. The lowest BCUT2D eigenvalue weighted by molar-refractivity contribution is 0.601. The van der Waals surface area contributed by atoms with Crippen LogP contribution in [0.3, 0.4) is 0 Å². The second kappa shape index (κ2) is 6.33. The molecule has 0 radical (unpaired) electrons. The first-order valence-corrected chi connectivity index (χ1v) is 8.53. The van der Waals surface area contributed by atoms with Gasteiger partial charge in [-0.15, -0.1) is 10.2 Å². The van der Waals surface area contributed by atoms with Crippen LogP contribution in [0.5, 0.6) is 0 Å². The molecule has 2 rings (SSSR count). The van der Waals surface area contributed by atoms with Crippen LogP contribution in [-0.2, 0) is 10.0 Å². The average molecular weight is 343 g/mol. The normalized spacial score (nSPS) is 11.0. The van der Waals surface area contributed by atoms with Crippen LogP contribution >= 0.6 is 23.6 Å². The number of anilines is 2. The number of hydrogen-bond donors (Lipinski definition) is 3. The molecule has 0 atom stereocenters. The van der Waals surface area contributed by atoms with E-state index < -0.39 is 10.0 Å². The van der Waals surface area contributed by atoms with E-state index in [4.69, 9.17) is 12.2 Å². The quantitative estimate of drug-likeness (QED) is 0.725. The van der Waals surface area contributed by atoms with Crippen LogP contribution in [0.2, 0.25) is 0 Å². The summed E-state index contributed by atoms with van der Waals surface area (Å²) < 4.78 is 26.7. The lowest BCUT2D eigenvalue weighted by atomic mass is 10.3.